The summed E-state index contributed by atoms with van der Waals surface area (Å²) >= 11 is 0. The number of benzene rings is 1. The highest BCUT2D eigenvalue weighted by molar-refractivity contribution is 5.99. The van der Waals surface area contributed by atoms with Gasteiger partial charge in [0, 0.05) is 24.7 Å². The number of piperidine rings is 1. The molecule has 26 heavy (non-hydrogen) atoms. The van der Waals surface area contributed by atoms with E-state index in [-0.39, 0.29) is 24.1 Å². The molecule has 1 saturated carbocycles. The van der Waals surface area contributed by atoms with Gasteiger partial charge < -0.3 is 10.2 Å². The van der Waals surface area contributed by atoms with Gasteiger partial charge in [0.1, 0.15) is 5.82 Å². The van der Waals surface area contributed by atoms with E-state index in [2.05, 4.69) is 15.5 Å². The average molecular weight is 379 g/mol. The second-order valence-corrected chi connectivity index (χ2v) is 7.06. The van der Waals surface area contributed by atoms with Crippen LogP contribution in [0.15, 0.2) is 30.5 Å². The first-order valence-electron chi connectivity index (χ1n) is 9.03. The molecule has 2 fully saturated rings. The van der Waals surface area contributed by atoms with E-state index >= 15 is 0 Å². The Morgan fingerprint density at radius 3 is 2.65 bits per heavy atom. The Hall–Kier alpha value is -1.92. The van der Waals surface area contributed by atoms with Gasteiger partial charge in [-0.25, -0.2) is 4.39 Å². The Bertz CT molecular complexity index is 754. The van der Waals surface area contributed by atoms with Crippen molar-refractivity contribution < 1.29 is 9.18 Å². The Balaban J connectivity index is 0.00000196. The molecule has 5 nitrogen and oxygen atoms in total. The van der Waals surface area contributed by atoms with Crippen molar-refractivity contribution >= 4 is 18.3 Å². The molecular weight excluding hydrogens is 355 g/mol. The molecule has 0 bridgehead atoms. The summed E-state index contributed by atoms with van der Waals surface area (Å²) in [5, 5.41) is 10.4. The molecule has 1 aromatic carbocycles. The van der Waals surface area contributed by atoms with Crippen LogP contribution in [-0.4, -0.2) is 46.7 Å². The zero-order valence-corrected chi connectivity index (χ0v) is 15.4. The van der Waals surface area contributed by atoms with E-state index in [4.69, 9.17) is 0 Å². The minimum atomic E-state index is -0.358. The third-order valence-corrected chi connectivity index (χ3v) is 5.19. The predicted molar refractivity (Wildman–Crippen MR) is 101 cm³/mol. The quantitative estimate of drug-likeness (QED) is 0.839. The molecule has 1 aliphatic heterocycles. The van der Waals surface area contributed by atoms with Crippen LogP contribution in [0.5, 0.6) is 0 Å². The van der Waals surface area contributed by atoms with Crippen LogP contribution in [0.1, 0.15) is 36.0 Å². The number of aromatic nitrogens is 2. The topological polar surface area (TPSA) is 61.0 Å². The van der Waals surface area contributed by atoms with E-state index in [9.17, 15) is 9.18 Å². The number of amides is 1. The molecule has 2 aromatic rings. The van der Waals surface area contributed by atoms with Crippen LogP contribution in [0.4, 0.5) is 4.39 Å². The minimum absolute atomic E-state index is 0. The summed E-state index contributed by atoms with van der Waals surface area (Å²) in [4.78, 5) is 14.7. The van der Waals surface area contributed by atoms with Crippen LogP contribution < -0.4 is 5.32 Å². The lowest BCUT2D eigenvalue weighted by Crippen LogP contribution is -2.45. The number of nitrogens with one attached hydrogen (secondary N) is 2. The van der Waals surface area contributed by atoms with E-state index in [0.29, 0.717) is 22.9 Å². The predicted octanol–water partition coefficient (Wildman–Crippen LogP) is 3.24. The molecule has 0 radical (unpaired) electrons. The Morgan fingerprint density at radius 1 is 1.23 bits per heavy atom. The first-order valence-corrected chi connectivity index (χ1v) is 9.03. The molecule has 1 amide bonds. The lowest BCUT2D eigenvalue weighted by Gasteiger charge is -2.32. The van der Waals surface area contributed by atoms with Gasteiger partial charge in [-0.05, 0) is 50.3 Å². The molecule has 0 unspecified atom stereocenters. The maximum atomic E-state index is 14.1. The third kappa shape index (κ3) is 4.07. The van der Waals surface area contributed by atoms with E-state index in [1.165, 1.54) is 25.1 Å². The summed E-state index contributed by atoms with van der Waals surface area (Å²) in [7, 11) is 0. The molecule has 7 heteroatoms. The molecular formula is C19H24ClFN4O. The summed E-state index contributed by atoms with van der Waals surface area (Å²) in [5.74, 6) is 0.436. The first-order chi connectivity index (χ1) is 12.2. The fourth-order valence-corrected chi connectivity index (χ4v) is 3.43. The highest BCUT2D eigenvalue weighted by Gasteiger charge is 2.28. The van der Waals surface area contributed by atoms with Gasteiger partial charge in [-0.15, -0.1) is 12.4 Å². The zero-order chi connectivity index (χ0) is 17.2. The van der Waals surface area contributed by atoms with Gasteiger partial charge in [0.15, 0.2) is 0 Å². The number of hydrogen-bond donors (Lipinski definition) is 2. The van der Waals surface area contributed by atoms with Gasteiger partial charge in [0.2, 0.25) is 0 Å². The number of nitrogens with zero attached hydrogens (tertiary/aromatic N) is 2. The number of likely N-dealkylation sites (tertiary alicyclic amines) is 1. The second-order valence-electron chi connectivity index (χ2n) is 7.06. The summed E-state index contributed by atoms with van der Waals surface area (Å²) in [6.45, 7) is 2.56. The fraction of sp³-hybridized carbons (Fsp3) is 0.474. The zero-order valence-electron chi connectivity index (χ0n) is 14.6. The molecule has 0 spiro atoms. The number of aromatic amines is 1. The van der Waals surface area contributed by atoms with Gasteiger partial charge in [-0.1, -0.05) is 12.1 Å². The summed E-state index contributed by atoms with van der Waals surface area (Å²) in [6.07, 6.45) is 6.13. The lowest BCUT2D eigenvalue weighted by molar-refractivity contribution is 0.0706. The van der Waals surface area contributed by atoms with Crippen molar-refractivity contribution in [3.8, 4) is 11.3 Å². The van der Waals surface area contributed by atoms with Crippen LogP contribution in [0, 0.1) is 11.7 Å². The molecule has 2 N–H and O–H groups in total. The average Bonchev–Trinajstić information content (AvgIpc) is 3.35. The van der Waals surface area contributed by atoms with Crippen molar-refractivity contribution in [1.29, 1.82) is 0 Å². The Labute approximate surface area is 158 Å². The van der Waals surface area contributed by atoms with Gasteiger partial charge in [-0.3, -0.25) is 9.89 Å². The van der Waals surface area contributed by atoms with Gasteiger partial charge in [0.05, 0.1) is 17.5 Å². The van der Waals surface area contributed by atoms with Crippen molar-refractivity contribution in [2.75, 3.05) is 19.6 Å². The maximum Gasteiger partial charge on any atom is 0.257 e. The van der Waals surface area contributed by atoms with Crippen molar-refractivity contribution in [1.82, 2.24) is 20.4 Å². The van der Waals surface area contributed by atoms with E-state index < -0.39 is 0 Å². The van der Waals surface area contributed by atoms with Crippen LogP contribution in [0.25, 0.3) is 11.3 Å². The fourth-order valence-electron chi connectivity index (χ4n) is 3.43. The first kappa shape index (κ1) is 18.9. The number of carbonyl (C=O) groups is 1. The van der Waals surface area contributed by atoms with E-state index in [0.717, 1.165) is 38.4 Å². The normalized spacial score (nSPS) is 17.8. The standard InChI is InChI=1S/C19H23FN4O.ClH/c20-17-4-2-1-3-15(17)18-16(12-22-23-18)19(25)24-9-7-14(8-10-24)21-11-13-5-6-13;/h1-4,12-14,21H,5-11H2,(H,22,23);1H. The van der Waals surface area contributed by atoms with Crippen molar-refractivity contribution in [2.45, 2.75) is 31.7 Å². The molecule has 4 rings (SSSR count). The molecule has 2 heterocycles. The van der Waals surface area contributed by atoms with Crippen LogP contribution in [-0.2, 0) is 0 Å². The van der Waals surface area contributed by atoms with Crippen LogP contribution >= 0.6 is 12.4 Å². The van der Waals surface area contributed by atoms with Crippen molar-refractivity contribution in [3.63, 3.8) is 0 Å². The highest BCUT2D eigenvalue weighted by Crippen LogP contribution is 2.28. The van der Waals surface area contributed by atoms with Crippen molar-refractivity contribution in [2.24, 2.45) is 5.92 Å². The van der Waals surface area contributed by atoms with Gasteiger partial charge >= 0.3 is 0 Å². The number of hydrogen-bond acceptors (Lipinski definition) is 3. The third-order valence-electron chi connectivity index (χ3n) is 5.19. The maximum absolute atomic E-state index is 14.1. The SMILES string of the molecule is Cl.O=C(c1cn[nH]c1-c1ccccc1F)N1CCC(NCC2CC2)CC1. The number of H-pyrrole nitrogens is 1. The van der Waals surface area contributed by atoms with E-state index in [1.807, 2.05) is 4.90 Å². The largest absolute Gasteiger partial charge is 0.338 e. The molecule has 1 aliphatic carbocycles. The summed E-state index contributed by atoms with van der Waals surface area (Å²) in [6, 6.07) is 6.94. The van der Waals surface area contributed by atoms with Crippen LogP contribution in [0.3, 0.4) is 0 Å². The second kappa shape index (κ2) is 8.18. The molecule has 1 saturated heterocycles. The number of carbonyl (C=O) groups excluding carboxylic acids is 1. The van der Waals surface area contributed by atoms with Crippen molar-refractivity contribution in [3.05, 3.63) is 41.8 Å². The minimum Gasteiger partial charge on any atom is -0.338 e. The molecule has 2 aliphatic rings. The van der Waals surface area contributed by atoms with E-state index in [1.54, 1.807) is 18.2 Å². The molecule has 1 aromatic heterocycles. The smallest absolute Gasteiger partial charge is 0.257 e. The number of halogens is 2. The highest BCUT2D eigenvalue weighted by atomic mass is 35.5. The van der Waals surface area contributed by atoms with Gasteiger partial charge in [0.25, 0.3) is 5.91 Å². The number of rotatable bonds is 5. The van der Waals surface area contributed by atoms with Crippen LogP contribution in [0.2, 0.25) is 0 Å². The Kier molecular flexibility index (Phi) is 5.94. The molecule has 0 atom stereocenters. The Morgan fingerprint density at radius 2 is 1.96 bits per heavy atom. The monoisotopic (exact) mass is 378 g/mol. The summed E-state index contributed by atoms with van der Waals surface area (Å²) in [5.41, 5.74) is 1.27. The van der Waals surface area contributed by atoms with Gasteiger partial charge in [-0.2, -0.15) is 5.10 Å². The summed E-state index contributed by atoms with van der Waals surface area (Å²) < 4.78 is 14.1. The molecule has 140 valence electrons. The lowest BCUT2D eigenvalue weighted by atomic mass is 10.0.